The predicted octanol–water partition coefficient (Wildman–Crippen LogP) is 4.22. The minimum Gasteiger partial charge on any atom is -0.393 e. The van der Waals surface area contributed by atoms with Crippen LogP contribution in [0.15, 0.2) is 40.9 Å². The van der Waals surface area contributed by atoms with Gasteiger partial charge in [-0.25, -0.2) is 4.98 Å². The molecule has 0 spiro atoms. The number of nitrogen functional groups attached to an aromatic ring is 1. The Labute approximate surface area is 126 Å². The number of nitro benzene ring substituents is 1. The highest BCUT2D eigenvalue weighted by Gasteiger charge is 2.15. The van der Waals surface area contributed by atoms with Crippen molar-refractivity contribution in [1.82, 2.24) is 4.98 Å². The highest BCUT2D eigenvalue weighted by atomic mass is 79.9. The molecule has 0 atom stereocenters. The zero-order valence-corrected chi connectivity index (χ0v) is 12.4. The summed E-state index contributed by atoms with van der Waals surface area (Å²) in [7, 11) is 0. The molecule has 0 saturated carbocycles. The lowest BCUT2D eigenvalue weighted by Crippen LogP contribution is -1.95. The first-order valence-corrected chi connectivity index (χ1v) is 7.26. The zero-order chi connectivity index (χ0) is 14.3. The van der Waals surface area contributed by atoms with E-state index in [1.807, 2.05) is 18.2 Å². The maximum Gasteiger partial charge on any atom is 0.292 e. The third kappa shape index (κ3) is 2.25. The van der Waals surface area contributed by atoms with Crippen LogP contribution < -0.4 is 5.73 Å². The van der Waals surface area contributed by atoms with Crippen molar-refractivity contribution in [3.05, 3.63) is 51.0 Å². The number of halogens is 1. The van der Waals surface area contributed by atoms with E-state index in [-0.39, 0.29) is 11.4 Å². The molecule has 2 N–H and O–H groups in total. The van der Waals surface area contributed by atoms with Crippen LogP contribution in [0.2, 0.25) is 0 Å². The molecule has 0 aliphatic carbocycles. The maximum absolute atomic E-state index is 10.9. The first kappa shape index (κ1) is 13.0. The molecular formula is C13H8BrN3O2S. The van der Waals surface area contributed by atoms with Crippen LogP contribution in [0.1, 0.15) is 0 Å². The van der Waals surface area contributed by atoms with Crippen molar-refractivity contribution in [2.75, 3.05) is 5.73 Å². The van der Waals surface area contributed by atoms with Crippen LogP contribution in [0.3, 0.4) is 0 Å². The van der Waals surface area contributed by atoms with Crippen LogP contribution in [-0.4, -0.2) is 9.91 Å². The molecule has 0 saturated heterocycles. The fraction of sp³-hybridized carbons (Fsp3) is 0. The smallest absolute Gasteiger partial charge is 0.292 e. The Hall–Kier alpha value is -1.99. The molecule has 20 heavy (non-hydrogen) atoms. The summed E-state index contributed by atoms with van der Waals surface area (Å²) in [4.78, 5) is 14.9. The van der Waals surface area contributed by atoms with Crippen LogP contribution in [0.25, 0.3) is 20.8 Å². The summed E-state index contributed by atoms with van der Waals surface area (Å²) in [5.74, 6) is 0. The molecule has 0 bridgehead atoms. The SMILES string of the molecule is Nc1ccc(-c2nc3cc(Br)ccc3s2)cc1[N+](=O)[O-]. The summed E-state index contributed by atoms with van der Waals surface area (Å²) < 4.78 is 1.98. The van der Waals surface area contributed by atoms with E-state index in [0.717, 1.165) is 19.7 Å². The minimum absolute atomic E-state index is 0.0945. The van der Waals surface area contributed by atoms with Gasteiger partial charge in [-0.15, -0.1) is 11.3 Å². The average molecular weight is 350 g/mol. The fourth-order valence-corrected chi connectivity index (χ4v) is 3.15. The Balaban J connectivity index is 2.15. The first-order chi connectivity index (χ1) is 9.54. The number of nitrogens with two attached hydrogens (primary N) is 1. The second kappa shape index (κ2) is 4.84. The Morgan fingerprint density at radius 3 is 2.80 bits per heavy atom. The molecule has 5 nitrogen and oxygen atoms in total. The topological polar surface area (TPSA) is 82.0 Å². The van der Waals surface area contributed by atoms with Crippen LogP contribution in [0.5, 0.6) is 0 Å². The van der Waals surface area contributed by atoms with Gasteiger partial charge in [0.2, 0.25) is 0 Å². The number of aromatic nitrogens is 1. The maximum atomic E-state index is 10.9. The Bertz CT molecular complexity index is 832. The van der Waals surface area contributed by atoms with Gasteiger partial charge in [0, 0.05) is 16.1 Å². The van der Waals surface area contributed by atoms with E-state index >= 15 is 0 Å². The summed E-state index contributed by atoms with van der Waals surface area (Å²) in [6.45, 7) is 0. The second-order valence-electron chi connectivity index (χ2n) is 4.16. The lowest BCUT2D eigenvalue weighted by molar-refractivity contribution is -0.383. The number of benzene rings is 2. The number of nitrogens with zero attached hydrogens (tertiary/aromatic N) is 2. The van der Waals surface area contributed by atoms with Crippen LogP contribution in [-0.2, 0) is 0 Å². The van der Waals surface area contributed by atoms with Crippen molar-refractivity contribution >= 4 is 48.9 Å². The van der Waals surface area contributed by atoms with E-state index in [9.17, 15) is 10.1 Å². The quantitative estimate of drug-likeness (QED) is 0.426. The van der Waals surface area contributed by atoms with Crippen molar-refractivity contribution in [2.24, 2.45) is 0 Å². The van der Waals surface area contributed by atoms with Crippen molar-refractivity contribution in [1.29, 1.82) is 0 Å². The van der Waals surface area contributed by atoms with Crippen LogP contribution in [0.4, 0.5) is 11.4 Å². The van der Waals surface area contributed by atoms with Gasteiger partial charge in [0.1, 0.15) is 10.7 Å². The first-order valence-electron chi connectivity index (χ1n) is 5.65. The molecule has 0 amide bonds. The van der Waals surface area contributed by atoms with Gasteiger partial charge in [-0.1, -0.05) is 15.9 Å². The molecule has 3 aromatic rings. The Morgan fingerprint density at radius 2 is 2.05 bits per heavy atom. The summed E-state index contributed by atoms with van der Waals surface area (Å²) in [5, 5.41) is 11.7. The number of hydrogen-bond acceptors (Lipinski definition) is 5. The van der Waals surface area contributed by atoms with E-state index < -0.39 is 4.92 Å². The van der Waals surface area contributed by atoms with E-state index in [1.165, 1.54) is 23.5 Å². The van der Waals surface area contributed by atoms with Gasteiger partial charge < -0.3 is 5.73 Å². The van der Waals surface area contributed by atoms with Gasteiger partial charge in [0.05, 0.1) is 15.1 Å². The summed E-state index contributed by atoms with van der Waals surface area (Å²) in [6.07, 6.45) is 0. The fourth-order valence-electron chi connectivity index (χ4n) is 1.86. The molecule has 0 aliphatic heterocycles. The minimum atomic E-state index is -0.483. The molecule has 0 fully saturated rings. The van der Waals surface area contributed by atoms with Gasteiger partial charge in [-0.3, -0.25) is 10.1 Å². The molecule has 1 aromatic heterocycles. The highest BCUT2D eigenvalue weighted by Crippen LogP contribution is 2.34. The molecule has 0 aliphatic rings. The van der Waals surface area contributed by atoms with Gasteiger partial charge in [0.15, 0.2) is 0 Å². The molecular weight excluding hydrogens is 342 g/mol. The number of rotatable bonds is 2. The van der Waals surface area contributed by atoms with Crippen LogP contribution in [0, 0.1) is 10.1 Å². The molecule has 1 heterocycles. The van der Waals surface area contributed by atoms with Crippen molar-refractivity contribution in [3.8, 4) is 10.6 Å². The van der Waals surface area contributed by atoms with E-state index in [1.54, 1.807) is 6.07 Å². The zero-order valence-electron chi connectivity index (χ0n) is 10.0. The average Bonchev–Trinajstić information content (AvgIpc) is 2.81. The Kier molecular flexibility index (Phi) is 3.15. The monoisotopic (exact) mass is 349 g/mol. The van der Waals surface area contributed by atoms with E-state index in [0.29, 0.717) is 5.56 Å². The Morgan fingerprint density at radius 1 is 1.25 bits per heavy atom. The third-order valence-electron chi connectivity index (χ3n) is 2.82. The lowest BCUT2D eigenvalue weighted by atomic mass is 10.2. The number of anilines is 1. The molecule has 0 unspecified atom stereocenters. The van der Waals surface area contributed by atoms with Gasteiger partial charge in [-0.2, -0.15) is 0 Å². The van der Waals surface area contributed by atoms with Gasteiger partial charge >= 0.3 is 0 Å². The summed E-state index contributed by atoms with van der Waals surface area (Å²) >= 11 is 4.89. The van der Waals surface area contributed by atoms with E-state index in [2.05, 4.69) is 20.9 Å². The second-order valence-corrected chi connectivity index (χ2v) is 6.11. The molecule has 100 valence electrons. The molecule has 7 heteroatoms. The van der Waals surface area contributed by atoms with Crippen LogP contribution >= 0.6 is 27.3 Å². The van der Waals surface area contributed by atoms with Crippen molar-refractivity contribution in [3.63, 3.8) is 0 Å². The third-order valence-corrected chi connectivity index (χ3v) is 4.40. The van der Waals surface area contributed by atoms with Gasteiger partial charge in [-0.05, 0) is 30.3 Å². The number of thiazole rings is 1. The highest BCUT2D eigenvalue weighted by molar-refractivity contribution is 9.10. The number of fused-ring (bicyclic) bond motifs is 1. The predicted molar refractivity (Wildman–Crippen MR) is 83.8 cm³/mol. The summed E-state index contributed by atoms with van der Waals surface area (Å²) in [5.41, 5.74) is 7.22. The molecule has 3 rings (SSSR count). The number of nitro groups is 1. The normalized spacial score (nSPS) is 10.8. The molecule has 2 aromatic carbocycles. The van der Waals surface area contributed by atoms with Crippen molar-refractivity contribution in [2.45, 2.75) is 0 Å². The van der Waals surface area contributed by atoms with E-state index in [4.69, 9.17) is 5.73 Å². The summed E-state index contributed by atoms with van der Waals surface area (Å²) in [6, 6.07) is 10.6. The number of hydrogen-bond donors (Lipinski definition) is 1. The molecule has 0 radical (unpaired) electrons. The van der Waals surface area contributed by atoms with Gasteiger partial charge in [0.25, 0.3) is 5.69 Å². The van der Waals surface area contributed by atoms with Crippen molar-refractivity contribution < 1.29 is 4.92 Å². The lowest BCUT2D eigenvalue weighted by Gasteiger charge is -1.99. The standard InChI is InChI=1S/C13H8BrN3O2S/c14-8-2-4-12-10(6-8)16-13(20-12)7-1-3-9(15)11(5-7)17(18)19/h1-6H,15H2. The largest absolute Gasteiger partial charge is 0.393 e.